The molecule has 0 bridgehead atoms. The molecular formula is C7H7FN2O2. The fourth-order valence-electron chi connectivity index (χ4n) is 1.03. The second-order valence-electron chi connectivity index (χ2n) is 2.41. The van der Waals surface area contributed by atoms with Gasteiger partial charge in [-0.05, 0) is 12.1 Å². The fraction of sp³-hybridized carbons (Fsp3) is 0.143. The van der Waals surface area contributed by atoms with Gasteiger partial charge >= 0.3 is 6.54 Å². The zero-order valence-electron chi connectivity index (χ0n) is 6.08. The number of nitrogen functional groups attached to an aromatic ring is 2. The average molecular weight is 170 g/mol. The van der Waals surface area contributed by atoms with Crippen molar-refractivity contribution >= 4 is 11.4 Å². The molecule has 0 amide bonds. The molecule has 0 fully saturated rings. The Hall–Kier alpha value is -1.65. The molecule has 2 rings (SSSR count). The second-order valence-corrected chi connectivity index (χ2v) is 2.41. The summed E-state index contributed by atoms with van der Waals surface area (Å²) in [6.45, 7) is -1.77. The van der Waals surface area contributed by atoms with Crippen LogP contribution in [0.1, 0.15) is 0 Å². The van der Waals surface area contributed by atoms with Crippen molar-refractivity contribution in [2.24, 2.45) is 0 Å². The lowest BCUT2D eigenvalue weighted by Crippen LogP contribution is -2.09. The van der Waals surface area contributed by atoms with E-state index in [9.17, 15) is 4.39 Å². The maximum Gasteiger partial charge on any atom is 0.397 e. The van der Waals surface area contributed by atoms with Crippen LogP contribution in [0.4, 0.5) is 15.8 Å². The lowest BCUT2D eigenvalue weighted by Gasteiger charge is -2.02. The van der Waals surface area contributed by atoms with E-state index in [-0.39, 0.29) is 17.2 Å². The molecule has 5 heteroatoms. The third-order valence-corrected chi connectivity index (χ3v) is 1.62. The van der Waals surface area contributed by atoms with Crippen LogP contribution in [-0.2, 0) is 0 Å². The van der Waals surface area contributed by atoms with E-state index in [1.54, 1.807) is 0 Å². The predicted octanol–water partition coefficient (Wildman–Crippen LogP) is 0.875. The van der Waals surface area contributed by atoms with Crippen molar-refractivity contribution in [2.75, 3.05) is 11.5 Å². The highest BCUT2D eigenvalue weighted by atomic mass is 19.2. The molecule has 0 spiro atoms. The van der Waals surface area contributed by atoms with Crippen LogP contribution < -0.4 is 20.9 Å². The number of hydrogen-bond acceptors (Lipinski definition) is 4. The SMILES string of the molecule is Nc1ccc2c(c1N)OC(F)O2. The third-order valence-electron chi connectivity index (χ3n) is 1.62. The van der Waals surface area contributed by atoms with Crippen LogP contribution in [-0.4, -0.2) is 6.54 Å². The Morgan fingerprint density at radius 3 is 2.75 bits per heavy atom. The van der Waals surface area contributed by atoms with Gasteiger partial charge in [0.2, 0.25) is 0 Å². The van der Waals surface area contributed by atoms with Crippen molar-refractivity contribution in [3.05, 3.63) is 12.1 Å². The van der Waals surface area contributed by atoms with Gasteiger partial charge in [-0.3, -0.25) is 0 Å². The van der Waals surface area contributed by atoms with Crippen molar-refractivity contribution in [2.45, 2.75) is 6.54 Å². The molecule has 0 saturated carbocycles. The van der Waals surface area contributed by atoms with E-state index in [1.807, 2.05) is 0 Å². The standard InChI is InChI=1S/C7H7FN2O2/c8-7-11-4-2-1-3(9)5(10)6(4)12-7/h1-2,7H,9-10H2. The molecule has 1 aromatic rings. The Bertz CT molecular complexity index is 329. The number of halogens is 1. The summed E-state index contributed by atoms with van der Waals surface area (Å²) in [5.74, 6) is 0.469. The van der Waals surface area contributed by atoms with Gasteiger partial charge in [-0.15, -0.1) is 0 Å². The second kappa shape index (κ2) is 2.17. The van der Waals surface area contributed by atoms with Gasteiger partial charge in [0.05, 0.1) is 5.69 Å². The molecule has 12 heavy (non-hydrogen) atoms. The molecule has 0 aliphatic carbocycles. The van der Waals surface area contributed by atoms with Crippen LogP contribution in [0.3, 0.4) is 0 Å². The first kappa shape index (κ1) is 7.02. The smallest absolute Gasteiger partial charge is 0.397 e. The van der Waals surface area contributed by atoms with Gasteiger partial charge in [0.15, 0.2) is 11.5 Å². The zero-order chi connectivity index (χ0) is 8.72. The third kappa shape index (κ3) is 0.827. The summed E-state index contributed by atoms with van der Waals surface area (Å²) in [6, 6.07) is 3.05. The summed E-state index contributed by atoms with van der Waals surface area (Å²) in [7, 11) is 0. The highest BCUT2D eigenvalue weighted by Gasteiger charge is 2.26. The first-order valence-electron chi connectivity index (χ1n) is 3.34. The molecule has 0 aromatic heterocycles. The van der Waals surface area contributed by atoms with E-state index in [0.717, 1.165) is 0 Å². The lowest BCUT2D eigenvalue weighted by atomic mass is 10.2. The molecule has 1 aliphatic heterocycles. The molecule has 1 heterocycles. The van der Waals surface area contributed by atoms with Crippen LogP contribution in [0.2, 0.25) is 0 Å². The molecule has 1 aliphatic rings. The number of nitrogens with two attached hydrogens (primary N) is 2. The van der Waals surface area contributed by atoms with Crippen LogP contribution in [0.5, 0.6) is 11.5 Å². The van der Waals surface area contributed by atoms with Crippen molar-refractivity contribution in [1.82, 2.24) is 0 Å². The summed E-state index contributed by atoms with van der Waals surface area (Å²) < 4.78 is 21.7. The Balaban J connectivity index is 2.54. The van der Waals surface area contributed by atoms with Crippen LogP contribution in [0.15, 0.2) is 12.1 Å². The minimum atomic E-state index is -1.77. The molecule has 0 saturated heterocycles. The summed E-state index contributed by atoms with van der Waals surface area (Å²) in [6.07, 6.45) is 0. The number of fused-ring (bicyclic) bond motifs is 1. The molecule has 1 unspecified atom stereocenters. The molecule has 64 valence electrons. The monoisotopic (exact) mass is 170 g/mol. The van der Waals surface area contributed by atoms with Gasteiger partial charge in [0, 0.05) is 0 Å². The molecule has 1 atom stereocenters. The van der Waals surface area contributed by atoms with Gasteiger partial charge in [-0.2, -0.15) is 4.39 Å². The summed E-state index contributed by atoms with van der Waals surface area (Å²) in [5, 5.41) is 0. The number of anilines is 2. The van der Waals surface area contributed by atoms with Crippen LogP contribution in [0.25, 0.3) is 0 Å². The number of benzene rings is 1. The molecule has 4 nitrogen and oxygen atoms in total. The maximum atomic E-state index is 12.5. The molecule has 4 N–H and O–H groups in total. The van der Waals surface area contributed by atoms with Crippen molar-refractivity contribution in [3.63, 3.8) is 0 Å². The van der Waals surface area contributed by atoms with E-state index >= 15 is 0 Å². The predicted molar refractivity (Wildman–Crippen MR) is 41.4 cm³/mol. The lowest BCUT2D eigenvalue weighted by molar-refractivity contribution is -0.0649. The van der Waals surface area contributed by atoms with E-state index in [2.05, 4.69) is 9.47 Å². The highest BCUT2D eigenvalue weighted by Crippen LogP contribution is 2.42. The topological polar surface area (TPSA) is 70.5 Å². The van der Waals surface area contributed by atoms with Crippen LogP contribution >= 0.6 is 0 Å². The molecule has 1 aromatic carbocycles. The van der Waals surface area contributed by atoms with E-state index in [4.69, 9.17) is 11.5 Å². The average Bonchev–Trinajstić information content (AvgIpc) is 2.39. The zero-order valence-corrected chi connectivity index (χ0v) is 6.08. The van der Waals surface area contributed by atoms with E-state index in [1.165, 1.54) is 12.1 Å². The molecular weight excluding hydrogens is 163 g/mol. The first-order valence-corrected chi connectivity index (χ1v) is 3.34. The fourth-order valence-corrected chi connectivity index (χ4v) is 1.03. The number of ether oxygens (including phenoxy) is 2. The number of alkyl halides is 1. The number of hydrogen-bond donors (Lipinski definition) is 2. The van der Waals surface area contributed by atoms with E-state index in [0.29, 0.717) is 5.69 Å². The Morgan fingerprint density at radius 1 is 1.25 bits per heavy atom. The van der Waals surface area contributed by atoms with Crippen molar-refractivity contribution < 1.29 is 13.9 Å². The first-order chi connectivity index (χ1) is 5.68. The van der Waals surface area contributed by atoms with Crippen molar-refractivity contribution in [1.29, 1.82) is 0 Å². The van der Waals surface area contributed by atoms with Gasteiger partial charge < -0.3 is 20.9 Å². The highest BCUT2D eigenvalue weighted by molar-refractivity contribution is 5.75. The summed E-state index contributed by atoms with van der Waals surface area (Å²) in [4.78, 5) is 0. The van der Waals surface area contributed by atoms with Crippen LogP contribution in [0, 0.1) is 0 Å². The number of rotatable bonds is 0. The summed E-state index contributed by atoms with van der Waals surface area (Å²) in [5.41, 5.74) is 11.5. The minimum Gasteiger partial charge on any atom is -0.425 e. The summed E-state index contributed by atoms with van der Waals surface area (Å²) >= 11 is 0. The van der Waals surface area contributed by atoms with E-state index < -0.39 is 6.54 Å². The van der Waals surface area contributed by atoms with Gasteiger partial charge in [0.1, 0.15) is 5.69 Å². The Labute approximate surface area is 67.9 Å². The van der Waals surface area contributed by atoms with Crippen molar-refractivity contribution in [3.8, 4) is 11.5 Å². The normalized spacial score (nSPS) is 19.6. The largest absolute Gasteiger partial charge is 0.425 e. The quantitative estimate of drug-likeness (QED) is 0.567. The molecule has 0 radical (unpaired) electrons. The Kier molecular flexibility index (Phi) is 1.27. The van der Waals surface area contributed by atoms with Gasteiger partial charge in [0.25, 0.3) is 0 Å². The Morgan fingerprint density at radius 2 is 2.00 bits per heavy atom. The van der Waals surface area contributed by atoms with Gasteiger partial charge in [-0.25, -0.2) is 0 Å². The maximum absolute atomic E-state index is 12.5. The minimum absolute atomic E-state index is 0.183. The van der Waals surface area contributed by atoms with Gasteiger partial charge in [-0.1, -0.05) is 0 Å².